The first-order valence-corrected chi connectivity index (χ1v) is 9.98. The molecule has 0 radical (unpaired) electrons. The molecule has 1 fully saturated rings. The molecule has 0 saturated heterocycles. The van der Waals surface area contributed by atoms with Gasteiger partial charge in [-0.2, -0.15) is 5.26 Å². The van der Waals surface area contributed by atoms with Crippen molar-refractivity contribution in [3.63, 3.8) is 0 Å². The van der Waals surface area contributed by atoms with Gasteiger partial charge in [0.05, 0.1) is 12.0 Å². The summed E-state index contributed by atoms with van der Waals surface area (Å²) in [5.41, 5.74) is -0.00705. The molecular weight excluding hydrogens is 385 g/mol. The minimum atomic E-state index is -1.17. The molecule has 3 atom stereocenters. The second-order valence-corrected chi connectivity index (χ2v) is 8.50. The Morgan fingerprint density at radius 2 is 1.90 bits per heavy atom. The fourth-order valence-electron chi connectivity index (χ4n) is 3.36. The van der Waals surface area contributed by atoms with Crippen molar-refractivity contribution < 1.29 is 23.4 Å². The third-order valence-corrected chi connectivity index (χ3v) is 5.17. The predicted molar refractivity (Wildman–Crippen MR) is 109 cm³/mol. The number of para-hydroxylation sites is 1. The number of ether oxygens (including phenoxy) is 3. The Labute approximate surface area is 176 Å². The summed E-state index contributed by atoms with van der Waals surface area (Å²) in [5.74, 6) is -0.727. The summed E-state index contributed by atoms with van der Waals surface area (Å²) in [6.45, 7) is 8.51. The molecule has 5 nitrogen and oxygen atoms in total. The van der Waals surface area contributed by atoms with Crippen molar-refractivity contribution in [3.8, 4) is 17.6 Å². The molecule has 2 aromatic carbocycles. The molecule has 0 N–H and O–H groups in total. The van der Waals surface area contributed by atoms with E-state index in [1.54, 1.807) is 24.3 Å². The lowest BCUT2D eigenvalue weighted by molar-refractivity contribution is -0.150. The SMILES string of the molecule is CC(C)COC1C(C(=O)OC(C#N)c2ccc(F)c(Oc3ccccc3)c2)C1(C)C. The van der Waals surface area contributed by atoms with Crippen LogP contribution in [0.2, 0.25) is 0 Å². The lowest BCUT2D eigenvalue weighted by atomic mass is 10.1. The molecule has 6 heteroatoms. The van der Waals surface area contributed by atoms with Crippen molar-refractivity contribution in [2.75, 3.05) is 6.61 Å². The van der Waals surface area contributed by atoms with E-state index in [1.807, 2.05) is 39.8 Å². The van der Waals surface area contributed by atoms with Crippen LogP contribution in [-0.2, 0) is 14.3 Å². The van der Waals surface area contributed by atoms with Gasteiger partial charge in [0.25, 0.3) is 0 Å². The minimum absolute atomic E-state index is 0.0418. The van der Waals surface area contributed by atoms with E-state index in [2.05, 4.69) is 0 Å². The largest absolute Gasteiger partial charge is 0.454 e. The monoisotopic (exact) mass is 411 g/mol. The van der Waals surface area contributed by atoms with Crippen LogP contribution in [0.25, 0.3) is 0 Å². The van der Waals surface area contributed by atoms with Gasteiger partial charge in [0.1, 0.15) is 11.8 Å². The number of nitrogens with zero attached hydrogens (tertiary/aromatic N) is 1. The number of hydrogen-bond donors (Lipinski definition) is 0. The smallest absolute Gasteiger partial charge is 0.313 e. The van der Waals surface area contributed by atoms with E-state index in [0.29, 0.717) is 23.8 Å². The van der Waals surface area contributed by atoms with Gasteiger partial charge in [-0.25, -0.2) is 4.39 Å². The molecule has 3 rings (SSSR count). The van der Waals surface area contributed by atoms with Crippen molar-refractivity contribution in [1.82, 2.24) is 0 Å². The van der Waals surface area contributed by atoms with Gasteiger partial charge in [-0.3, -0.25) is 4.79 Å². The molecule has 1 aliphatic rings. The predicted octanol–water partition coefficient (Wildman–Crippen LogP) is 5.42. The van der Waals surface area contributed by atoms with Crippen LogP contribution in [0.15, 0.2) is 48.5 Å². The minimum Gasteiger partial charge on any atom is -0.454 e. The first-order valence-electron chi connectivity index (χ1n) is 9.98. The van der Waals surface area contributed by atoms with Crippen LogP contribution >= 0.6 is 0 Å². The van der Waals surface area contributed by atoms with Crippen molar-refractivity contribution in [1.29, 1.82) is 5.26 Å². The van der Waals surface area contributed by atoms with Gasteiger partial charge in [0.15, 0.2) is 11.6 Å². The number of hydrogen-bond acceptors (Lipinski definition) is 5. The summed E-state index contributed by atoms with van der Waals surface area (Å²) in [7, 11) is 0. The second-order valence-electron chi connectivity index (χ2n) is 8.50. The molecular formula is C24H26FNO4. The fraction of sp³-hybridized carbons (Fsp3) is 0.417. The zero-order chi connectivity index (χ0) is 21.9. The van der Waals surface area contributed by atoms with E-state index in [1.165, 1.54) is 18.2 Å². The zero-order valence-electron chi connectivity index (χ0n) is 17.6. The quantitative estimate of drug-likeness (QED) is 0.542. The molecule has 0 heterocycles. The highest BCUT2D eigenvalue weighted by molar-refractivity contribution is 5.78. The summed E-state index contributed by atoms with van der Waals surface area (Å²) in [6, 6.07) is 14.7. The molecule has 0 aromatic heterocycles. The van der Waals surface area contributed by atoms with Crippen LogP contribution in [0.3, 0.4) is 0 Å². The van der Waals surface area contributed by atoms with Gasteiger partial charge in [0.2, 0.25) is 6.10 Å². The fourth-order valence-corrected chi connectivity index (χ4v) is 3.36. The number of esters is 1. The highest BCUT2D eigenvalue weighted by Crippen LogP contribution is 2.55. The van der Waals surface area contributed by atoms with Crippen molar-refractivity contribution in [2.45, 2.75) is 39.9 Å². The molecule has 0 amide bonds. The highest BCUT2D eigenvalue weighted by Gasteiger charge is 2.64. The van der Waals surface area contributed by atoms with E-state index in [-0.39, 0.29) is 17.3 Å². The molecule has 3 unspecified atom stereocenters. The van der Waals surface area contributed by atoms with E-state index in [0.717, 1.165) is 0 Å². The maximum Gasteiger partial charge on any atom is 0.313 e. The summed E-state index contributed by atoms with van der Waals surface area (Å²) in [5, 5.41) is 9.56. The van der Waals surface area contributed by atoms with Crippen LogP contribution in [0.1, 0.15) is 39.4 Å². The van der Waals surface area contributed by atoms with Crippen LogP contribution in [0.5, 0.6) is 11.5 Å². The van der Waals surface area contributed by atoms with Gasteiger partial charge in [-0.1, -0.05) is 52.0 Å². The maximum absolute atomic E-state index is 14.2. The van der Waals surface area contributed by atoms with Crippen molar-refractivity contribution >= 4 is 5.97 Å². The number of benzene rings is 2. The van der Waals surface area contributed by atoms with Crippen LogP contribution in [0.4, 0.5) is 4.39 Å². The number of carbonyl (C=O) groups excluding carboxylic acids is 1. The first kappa shape index (κ1) is 21.8. The Morgan fingerprint density at radius 3 is 2.53 bits per heavy atom. The lowest BCUT2D eigenvalue weighted by Crippen LogP contribution is -2.16. The average Bonchev–Trinajstić information content (AvgIpc) is 3.27. The van der Waals surface area contributed by atoms with Crippen LogP contribution in [-0.4, -0.2) is 18.7 Å². The molecule has 30 heavy (non-hydrogen) atoms. The maximum atomic E-state index is 14.2. The summed E-state index contributed by atoms with van der Waals surface area (Å²) >= 11 is 0. The van der Waals surface area contributed by atoms with Crippen molar-refractivity contribution in [3.05, 3.63) is 59.9 Å². The number of rotatable bonds is 8. The topological polar surface area (TPSA) is 68.5 Å². The van der Waals surface area contributed by atoms with Crippen molar-refractivity contribution in [2.24, 2.45) is 17.3 Å². The van der Waals surface area contributed by atoms with E-state index in [9.17, 15) is 14.4 Å². The Morgan fingerprint density at radius 1 is 1.20 bits per heavy atom. The molecule has 2 aromatic rings. The van der Waals surface area contributed by atoms with Gasteiger partial charge < -0.3 is 14.2 Å². The lowest BCUT2D eigenvalue weighted by Gasteiger charge is -2.14. The molecule has 0 bridgehead atoms. The average molecular weight is 411 g/mol. The van der Waals surface area contributed by atoms with Gasteiger partial charge in [-0.05, 0) is 30.2 Å². The third kappa shape index (κ3) is 4.80. The summed E-state index contributed by atoms with van der Waals surface area (Å²) in [6.07, 6.45) is -1.41. The third-order valence-electron chi connectivity index (χ3n) is 5.17. The van der Waals surface area contributed by atoms with Gasteiger partial charge in [-0.15, -0.1) is 0 Å². The van der Waals surface area contributed by atoms with Gasteiger partial charge in [0, 0.05) is 17.6 Å². The molecule has 1 saturated carbocycles. The molecule has 0 aliphatic heterocycles. The van der Waals surface area contributed by atoms with Gasteiger partial charge >= 0.3 is 5.97 Å². The Balaban J connectivity index is 1.71. The van der Waals surface area contributed by atoms with E-state index in [4.69, 9.17) is 14.2 Å². The Hall–Kier alpha value is -2.91. The number of nitriles is 1. The molecule has 0 spiro atoms. The summed E-state index contributed by atoms with van der Waals surface area (Å²) < 4.78 is 31.1. The van der Waals surface area contributed by atoms with E-state index >= 15 is 0 Å². The molecule has 1 aliphatic carbocycles. The first-order chi connectivity index (χ1) is 14.2. The molecule has 158 valence electrons. The standard InChI is InChI=1S/C24H26FNO4/c1-15(2)14-28-22-21(24(22,3)4)23(27)30-20(13-26)16-10-11-18(25)19(12-16)29-17-8-6-5-7-9-17/h5-12,15,20-22H,14H2,1-4H3. The second kappa shape index (κ2) is 8.85. The zero-order valence-corrected chi connectivity index (χ0v) is 17.6. The Bertz CT molecular complexity index is 936. The van der Waals surface area contributed by atoms with E-state index < -0.39 is 23.8 Å². The summed E-state index contributed by atoms with van der Waals surface area (Å²) in [4.78, 5) is 12.7. The van der Waals surface area contributed by atoms with Crippen LogP contribution < -0.4 is 4.74 Å². The number of halogens is 1. The van der Waals surface area contributed by atoms with Crippen LogP contribution in [0, 0.1) is 34.4 Å². The highest BCUT2D eigenvalue weighted by atomic mass is 19.1. The normalized spacial score (nSPS) is 20.3. The number of carbonyl (C=O) groups is 1. The Kier molecular flexibility index (Phi) is 6.42.